The maximum Gasteiger partial charge on any atom is 0.335 e. The van der Waals surface area contributed by atoms with Crippen LogP contribution in [0.1, 0.15) is 26.4 Å². The van der Waals surface area contributed by atoms with Gasteiger partial charge in [0, 0.05) is 11.9 Å². The van der Waals surface area contributed by atoms with E-state index in [1.54, 1.807) is 17.7 Å². The second-order valence-electron chi connectivity index (χ2n) is 3.80. The van der Waals surface area contributed by atoms with Gasteiger partial charge in [-0.15, -0.1) is 0 Å². The molecule has 2 aromatic rings. The number of imidazole rings is 1. The number of benzene rings is 1. The Morgan fingerprint density at radius 2 is 1.67 bits per heavy atom. The summed E-state index contributed by atoms with van der Waals surface area (Å²) in [5.41, 5.74) is 1.06. The van der Waals surface area contributed by atoms with Gasteiger partial charge in [0.15, 0.2) is 0 Å². The number of aromatic carboxylic acids is 2. The van der Waals surface area contributed by atoms with Gasteiger partial charge in [0.05, 0.1) is 23.1 Å². The molecule has 0 aliphatic rings. The molecule has 0 aliphatic carbocycles. The number of rotatable bonds is 3. The van der Waals surface area contributed by atoms with E-state index in [4.69, 9.17) is 10.2 Å². The first-order valence-electron chi connectivity index (χ1n) is 5.10. The van der Waals surface area contributed by atoms with Crippen molar-refractivity contribution in [1.82, 2.24) is 9.55 Å². The summed E-state index contributed by atoms with van der Waals surface area (Å²) in [5, 5.41) is 17.9. The number of nitrogens with zero attached hydrogens (tertiary/aromatic N) is 2. The molecule has 0 atom stereocenters. The molecule has 0 fully saturated rings. The largest absolute Gasteiger partial charge is 0.478 e. The zero-order valence-electron chi connectivity index (χ0n) is 9.49. The number of carbonyl (C=O) groups is 2. The third kappa shape index (κ3) is 2.22. The molecule has 18 heavy (non-hydrogen) atoms. The van der Waals surface area contributed by atoms with Gasteiger partial charge in [0.2, 0.25) is 0 Å². The third-order valence-corrected chi connectivity index (χ3v) is 2.42. The van der Waals surface area contributed by atoms with Gasteiger partial charge in [-0.2, -0.15) is 0 Å². The molecule has 0 amide bonds. The number of hydrogen-bond donors (Lipinski definition) is 2. The molecule has 0 saturated carbocycles. The van der Waals surface area contributed by atoms with Crippen LogP contribution in [-0.4, -0.2) is 31.7 Å². The standard InChI is InChI=1S/C12H10N2O4/c1-7-5-14(6-13-7)10-3-8(11(15)16)2-9(4-10)12(17)18/h2-6H,1H3,(H,15,16)(H,17,18). The summed E-state index contributed by atoms with van der Waals surface area (Å²) in [6.07, 6.45) is 3.19. The highest BCUT2D eigenvalue weighted by Crippen LogP contribution is 2.15. The molecular formula is C12H10N2O4. The van der Waals surface area contributed by atoms with Crippen molar-refractivity contribution in [2.45, 2.75) is 6.92 Å². The minimum atomic E-state index is -1.17. The molecule has 0 unspecified atom stereocenters. The zero-order chi connectivity index (χ0) is 13.3. The van der Waals surface area contributed by atoms with Crippen molar-refractivity contribution in [1.29, 1.82) is 0 Å². The van der Waals surface area contributed by atoms with Crippen LogP contribution >= 0.6 is 0 Å². The third-order valence-electron chi connectivity index (χ3n) is 2.42. The molecule has 6 heteroatoms. The Hall–Kier alpha value is -2.63. The summed E-state index contributed by atoms with van der Waals surface area (Å²) >= 11 is 0. The monoisotopic (exact) mass is 246 g/mol. The van der Waals surface area contributed by atoms with Gasteiger partial charge < -0.3 is 14.8 Å². The topological polar surface area (TPSA) is 92.4 Å². The van der Waals surface area contributed by atoms with Crippen LogP contribution in [0.3, 0.4) is 0 Å². The normalized spacial score (nSPS) is 10.3. The lowest BCUT2D eigenvalue weighted by molar-refractivity contribution is 0.0696. The summed E-state index contributed by atoms with van der Waals surface area (Å²) in [5.74, 6) is -2.34. The van der Waals surface area contributed by atoms with Crippen LogP contribution in [0.25, 0.3) is 5.69 Å². The predicted octanol–water partition coefficient (Wildman–Crippen LogP) is 1.58. The summed E-state index contributed by atoms with van der Waals surface area (Å²) in [6, 6.07) is 3.92. The Kier molecular flexibility index (Phi) is 2.85. The molecule has 1 heterocycles. The van der Waals surface area contributed by atoms with Gasteiger partial charge in [-0.3, -0.25) is 0 Å². The molecule has 0 aliphatic heterocycles. The van der Waals surface area contributed by atoms with Gasteiger partial charge in [-0.05, 0) is 25.1 Å². The quantitative estimate of drug-likeness (QED) is 0.857. The molecule has 92 valence electrons. The Morgan fingerprint density at radius 3 is 2.06 bits per heavy atom. The van der Waals surface area contributed by atoms with E-state index in [9.17, 15) is 9.59 Å². The van der Waals surface area contributed by atoms with Crippen molar-refractivity contribution in [2.24, 2.45) is 0 Å². The molecule has 2 rings (SSSR count). The lowest BCUT2D eigenvalue weighted by atomic mass is 10.1. The van der Waals surface area contributed by atoms with Gasteiger partial charge in [0.25, 0.3) is 0 Å². The average Bonchev–Trinajstić information content (AvgIpc) is 2.75. The van der Waals surface area contributed by atoms with E-state index in [2.05, 4.69) is 4.98 Å². The Balaban J connectivity index is 2.60. The molecule has 2 N–H and O–H groups in total. The molecule has 1 aromatic heterocycles. The number of carboxylic acids is 2. The molecule has 0 spiro atoms. The number of aryl methyl sites for hydroxylation is 1. The predicted molar refractivity (Wildman–Crippen MR) is 62.2 cm³/mol. The van der Waals surface area contributed by atoms with E-state index in [-0.39, 0.29) is 11.1 Å². The number of hydrogen-bond acceptors (Lipinski definition) is 3. The van der Waals surface area contributed by atoms with Crippen molar-refractivity contribution >= 4 is 11.9 Å². The van der Waals surface area contributed by atoms with Gasteiger partial charge in [-0.25, -0.2) is 14.6 Å². The maximum atomic E-state index is 10.9. The Labute approximate surface area is 102 Å². The Morgan fingerprint density at radius 1 is 1.11 bits per heavy atom. The second-order valence-corrected chi connectivity index (χ2v) is 3.80. The molecular weight excluding hydrogens is 236 g/mol. The molecule has 0 bridgehead atoms. The van der Waals surface area contributed by atoms with Crippen molar-refractivity contribution in [3.8, 4) is 5.69 Å². The van der Waals surface area contributed by atoms with E-state index in [0.717, 1.165) is 11.8 Å². The van der Waals surface area contributed by atoms with Gasteiger partial charge >= 0.3 is 11.9 Å². The van der Waals surface area contributed by atoms with Crippen LogP contribution in [-0.2, 0) is 0 Å². The lowest BCUT2D eigenvalue weighted by Gasteiger charge is -2.05. The second kappa shape index (κ2) is 4.33. The minimum absolute atomic E-state index is 0.0729. The van der Waals surface area contributed by atoms with Crippen LogP contribution in [0.2, 0.25) is 0 Å². The highest BCUT2D eigenvalue weighted by atomic mass is 16.4. The highest BCUT2D eigenvalue weighted by molar-refractivity contribution is 5.94. The number of carboxylic acid groups (broad SMARTS) is 2. The first-order valence-corrected chi connectivity index (χ1v) is 5.10. The number of aromatic nitrogens is 2. The van der Waals surface area contributed by atoms with Crippen LogP contribution in [0.5, 0.6) is 0 Å². The van der Waals surface area contributed by atoms with Crippen molar-refractivity contribution in [3.05, 3.63) is 47.5 Å². The Bertz CT molecular complexity index is 599. The van der Waals surface area contributed by atoms with Gasteiger partial charge in [0.1, 0.15) is 0 Å². The highest BCUT2D eigenvalue weighted by Gasteiger charge is 2.12. The van der Waals surface area contributed by atoms with Crippen LogP contribution in [0.4, 0.5) is 0 Å². The zero-order valence-corrected chi connectivity index (χ0v) is 9.49. The van der Waals surface area contributed by atoms with E-state index >= 15 is 0 Å². The van der Waals surface area contributed by atoms with Crippen molar-refractivity contribution in [2.75, 3.05) is 0 Å². The van der Waals surface area contributed by atoms with E-state index in [1.807, 2.05) is 0 Å². The fourth-order valence-electron chi connectivity index (χ4n) is 1.57. The molecule has 6 nitrogen and oxygen atoms in total. The fraction of sp³-hybridized carbons (Fsp3) is 0.0833. The summed E-state index contributed by atoms with van der Waals surface area (Å²) in [6.45, 7) is 1.79. The maximum absolute atomic E-state index is 10.9. The molecule has 0 radical (unpaired) electrons. The van der Waals surface area contributed by atoms with Crippen LogP contribution < -0.4 is 0 Å². The molecule has 1 aromatic carbocycles. The minimum Gasteiger partial charge on any atom is -0.478 e. The fourth-order valence-corrected chi connectivity index (χ4v) is 1.57. The lowest BCUT2D eigenvalue weighted by Crippen LogP contribution is -2.05. The van der Waals surface area contributed by atoms with Crippen molar-refractivity contribution < 1.29 is 19.8 Å². The van der Waals surface area contributed by atoms with E-state index in [0.29, 0.717) is 5.69 Å². The average molecular weight is 246 g/mol. The van der Waals surface area contributed by atoms with E-state index in [1.165, 1.54) is 18.5 Å². The smallest absolute Gasteiger partial charge is 0.335 e. The molecule has 0 saturated heterocycles. The SMILES string of the molecule is Cc1cn(-c2cc(C(=O)O)cc(C(=O)O)c2)cn1. The summed E-state index contributed by atoms with van der Waals surface area (Å²) < 4.78 is 1.58. The summed E-state index contributed by atoms with van der Waals surface area (Å²) in [7, 11) is 0. The first kappa shape index (κ1) is 11.8. The van der Waals surface area contributed by atoms with E-state index < -0.39 is 11.9 Å². The summed E-state index contributed by atoms with van der Waals surface area (Å²) in [4.78, 5) is 25.9. The first-order chi connectivity index (χ1) is 8.47. The van der Waals surface area contributed by atoms with Gasteiger partial charge in [-0.1, -0.05) is 0 Å². The van der Waals surface area contributed by atoms with Crippen LogP contribution in [0, 0.1) is 6.92 Å². The van der Waals surface area contributed by atoms with Crippen molar-refractivity contribution in [3.63, 3.8) is 0 Å². The van der Waals surface area contributed by atoms with Crippen LogP contribution in [0.15, 0.2) is 30.7 Å².